The summed E-state index contributed by atoms with van der Waals surface area (Å²) in [6.45, 7) is 0.714. The molecule has 0 atom stereocenters. The van der Waals surface area contributed by atoms with Crippen LogP contribution in [0.25, 0.3) is 0 Å². The van der Waals surface area contributed by atoms with Gasteiger partial charge in [-0.15, -0.1) is 0 Å². The van der Waals surface area contributed by atoms with Gasteiger partial charge in [-0.25, -0.2) is 4.98 Å². The van der Waals surface area contributed by atoms with E-state index in [0.29, 0.717) is 12.3 Å². The van der Waals surface area contributed by atoms with Crippen molar-refractivity contribution in [3.05, 3.63) is 23.5 Å². The minimum Gasteiger partial charge on any atom is -0.493 e. The molecular formula is C8H6N2O. The van der Waals surface area contributed by atoms with Crippen LogP contribution in [-0.4, -0.2) is 11.6 Å². The summed E-state index contributed by atoms with van der Waals surface area (Å²) in [6.07, 6.45) is 2.62. The third-order valence-corrected chi connectivity index (χ3v) is 1.69. The zero-order valence-corrected chi connectivity index (χ0v) is 5.87. The Kier molecular flexibility index (Phi) is 1.26. The van der Waals surface area contributed by atoms with Crippen LogP contribution in [0.1, 0.15) is 11.3 Å². The van der Waals surface area contributed by atoms with Gasteiger partial charge in [-0.1, -0.05) is 0 Å². The Hall–Kier alpha value is -1.56. The van der Waals surface area contributed by atoms with Crippen molar-refractivity contribution < 1.29 is 4.74 Å². The first-order chi connectivity index (χ1) is 5.40. The molecule has 0 spiro atoms. The first-order valence-electron chi connectivity index (χ1n) is 3.42. The fourth-order valence-electron chi connectivity index (χ4n) is 1.12. The lowest BCUT2D eigenvalue weighted by Crippen LogP contribution is -1.86. The van der Waals surface area contributed by atoms with Crippen molar-refractivity contribution in [1.29, 1.82) is 5.26 Å². The van der Waals surface area contributed by atoms with Gasteiger partial charge < -0.3 is 4.74 Å². The Labute approximate surface area is 64.2 Å². The van der Waals surface area contributed by atoms with E-state index in [9.17, 15) is 0 Å². The fourth-order valence-corrected chi connectivity index (χ4v) is 1.12. The highest BCUT2D eigenvalue weighted by molar-refractivity contribution is 5.39. The van der Waals surface area contributed by atoms with E-state index in [0.717, 1.165) is 17.7 Å². The third-order valence-electron chi connectivity index (χ3n) is 1.69. The predicted octanol–water partition coefficient (Wildman–Crippen LogP) is 0.888. The van der Waals surface area contributed by atoms with E-state index < -0.39 is 0 Å². The summed E-state index contributed by atoms with van der Waals surface area (Å²) in [4.78, 5) is 3.93. The number of ether oxygens (including phenoxy) is 1. The molecule has 0 aliphatic carbocycles. The van der Waals surface area contributed by atoms with Crippen LogP contribution in [0, 0.1) is 11.3 Å². The molecule has 0 unspecified atom stereocenters. The lowest BCUT2D eigenvalue weighted by Gasteiger charge is -1.95. The van der Waals surface area contributed by atoms with Gasteiger partial charge in [0.1, 0.15) is 17.5 Å². The monoisotopic (exact) mass is 146 g/mol. The van der Waals surface area contributed by atoms with Crippen LogP contribution in [-0.2, 0) is 6.42 Å². The number of nitrogens with zero attached hydrogens (tertiary/aromatic N) is 2. The lowest BCUT2D eigenvalue weighted by molar-refractivity contribution is 0.356. The van der Waals surface area contributed by atoms with Gasteiger partial charge in [0.15, 0.2) is 0 Å². The summed E-state index contributed by atoms with van der Waals surface area (Å²) in [5, 5.41) is 8.50. The summed E-state index contributed by atoms with van der Waals surface area (Å²) >= 11 is 0. The Morgan fingerprint density at radius 3 is 3.36 bits per heavy atom. The molecule has 2 heterocycles. The van der Waals surface area contributed by atoms with Gasteiger partial charge in [0.05, 0.1) is 6.61 Å². The van der Waals surface area contributed by atoms with Gasteiger partial charge in [0.2, 0.25) is 0 Å². The molecule has 0 amide bonds. The molecular weight excluding hydrogens is 140 g/mol. The molecule has 0 saturated carbocycles. The summed E-state index contributed by atoms with van der Waals surface area (Å²) in [5.41, 5.74) is 1.52. The molecule has 0 radical (unpaired) electrons. The lowest BCUT2D eigenvalue weighted by atomic mass is 10.2. The van der Waals surface area contributed by atoms with E-state index in [1.165, 1.54) is 0 Å². The number of fused-ring (bicyclic) bond motifs is 1. The molecule has 0 N–H and O–H groups in total. The van der Waals surface area contributed by atoms with Crippen LogP contribution in [0.15, 0.2) is 12.3 Å². The standard InChI is InChI=1S/C8H6N2O/c9-4-7-3-8-6(5-10-7)1-2-11-8/h3,5H,1-2H2. The zero-order chi connectivity index (χ0) is 7.68. The molecule has 1 aromatic heterocycles. The largest absolute Gasteiger partial charge is 0.493 e. The molecule has 3 nitrogen and oxygen atoms in total. The van der Waals surface area contributed by atoms with Crippen LogP contribution >= 0.6 is 0 Å². The summed E-state index contributed by atoms with van der Waals surface area (Å²) < 4.78 is 5.25. The highest BCUT2D eigenvalue weighted by Crippen LogP contribution is 2.23. The highest BCUT2D eigenvalue weighted by Gasteiger charge is 2.12. The molecule has 1 aromatic rings. The van der Waals surface area contributed by atoms with Crippen molar-refractivity contribution in [3.8, 4) is 11.8 Å². The van der Waals surface area contributed by atoms with Crippen molar-refractivity contribution in [1.82, 2.24) is 4.98 Å². The number of nitriles is 1. The smallest absolute Gasteiger partial charge is 0.144 e. The number of aromatic nitrogens is 1. The van der Waals surface area contributed by atoms with Crippen LogP contribution < -0.4 is 4.74 Å². The van der Waals surface area contributed by atoms with E-state index in [4.69, 9.17) is 10.00 Å². The summed E-state index contributed by atoms with van der Waals surface area (Å²) in [7, 11) is 0. The van der Waals surface area contributed by atoms with Gasteiger partial charge in [-0.3, -0.25) is 0 Å². The van der Waals surface area contributed by atoms with Gasteiger partial charge in [0, 0.05) is 24.2 Å². The molecule has 2 rings (SSSR count). The van der Waals surface area contributed by atoms with E-state index in [2.05, 4.69) is 4.98 Å². The number of rotatable bonds is 0. The second-order valence-corrected chi connectivity index (χ2v) is 2.39. The van der Waals surface area contributed by atoms with E-state index in [1.54, 1.807) is 12.3 Å². The number of pyridine rings is 1. The van der Waals surface area contributed by atoms with Crippen LogP contribution in [0.5, 0.6) is 5.75 Å². The molecule has 1 aliphatic rings. The van der Waals surface area contributed by atoms with Crippen LogP contribution in [0.3, 0.4) is 0 Å². The van der Waals surface area contributed by atoms with Gasteiger partial charge >= 0.3 is 0 Å². The Bertz CT molecular complexity index is 327. The highest BCUT2D eigenvalue weighted by atomic mass is 16.5. The number of hydrogen-bond acceptors (Lipinski definition) is 3. The van der Waals surface area contributed by atoms with Gasteiger partial charge in [-0.2, -0.15) is 5.26 Å². The van der Waals surface area contributed by atoms with Crippen molar-refractivity contribution in [3.63, 3.8) is 0 Å². The average Bonchev–Trinajstić information content (AvgIpc) is 2.50. The number of hydrogen-bond donors (Lipinski definition) is 0. The Morgan fingerprint density at radius 1 is 1.64 bits per heavy atom. The van der Waals surface area contributed by atoms with Crippen molar-refractivity contribution >= 4 is 0 Å². The Balaban J connectivity index is 2.51. The SMILES string of the molecule is N#Cc1cc2c(cn1)CCO2. The zero-order valence-electron chi connectivity index (χ0n) is 5.87. The molecule has 0 fully saturated rings. The normalized spacial score (nSPS) is 13.4. The fraction of sp³-hybridized carbons (Fsp3) is 0.250. The quantitative estimate of drug-likeness (QED) is 0.546. The molecule has 54 valence electrons. The Morgan fingerprint density at radius 2 is 2.55 bits per heavy atom. The first kappa shape index (κ1) is 6.17. The molecule has 0 aromatic carbocycles. The maximum absolute atomic E-state index is 8.50. The summed E-state index contributed by atoms with van der Waals surface area (Å²) in [6, 6.07) is 3.65. The van der Waals surface area contributed by atoms with Gasteiger partial charge in [-0.05, 0) is 0 Å². The van der Waals surface area contributed by atoms with Gasteiger partial charge in [0.25, 0.3) is 0 Å². The van der Waals surface area contributed by atoms with E-state index in [1.807, 2.05) is 6.07 Å². The molecule has 11 heavy (non-hydrogen) atoms. The predicted molar refractivity (Wildman–Crippen MR) is 38.2 cm³/mol. The van der Waals surface area contributed by atoms with Crippen LogP contribution in [0.2, 0.25) is 0 Å². The summed E-state index contributed by atoms with van der Waals surface area (Å²) in [5.74, 6) is 0.816. The van der Waals surface area contributed by atoms with Crippen molar-refractivity contribution in [2.75, 3.05) is 6.61 Å². The maximum Gasteiger partial charge on any atom is 0.144 e. The minimum absolute atomic E-state index is 0.422. The third kappa shape index (κ3) is 0.926. The topological polar surface area (TPSA) is 45.9 Å². The first-order valence-corrected chi connectivity index (χ1v) is 3.42. The minimum atomic E-state index is 0.422. The van der Waals surface area contributed by atoms with Crippen LogP contribution in [0.4, 0.5) is 0 Å². The molecule has 0 saturated heterocycles. The second kappa shape index (κ2) is 2.24. The van der Waals surface area contributed by atoms with Crippen molar-refractivity contribution in [2.45, 2.75) is 6.42 Å². The molecule has 0 bridgehead atoms. The molecule has 1 aliphatic heterocycles. The second-order valence-electron chi connectivity index (χ2n) is 2.39. The average molecular weight is 146 g/mol. The van der Waals surface area contributed by atoms with E-state index >= 15 is 0 Å². The maximum atomic E-state index is 8.50. The van der Waals surface area contributed by atoms with E-state index in [-0.39, 0.29) is 0 Å². The van der Waals surface area contributed by atoms with Crippen molar-refractivity contribution in [2.24, 2.45) is 0 Å². The molecule has 3 heteroatoms.